The summed E-state index contributed by atoms with van der Waals surface area (Å²) in [7, 11) is 0. The Balaban J connectivity index is 1.26. The molecular weight excluding hydrogens is 529 g/mol. The maximum atomic E-state index is 15.1. The Morgan fingerprint density at radius 1 is 0.842 bits per heavy atom. The van der Waals surface area contributed by atoms with E-state index in [9.17, 15) is 4.79 Å². The molecule has 3 aliphatic rings. The molecule has 8 heteroatoms. The highest BCUT2D eigenvalue weighted by molar-refractivity contribution is 6.36. The Morgan fingerprint density at radius 2 is 1.47 bits per heavy atom. The molecule has 38 heavy (non-hydrogen) atoms. The molecule has 2 aromatic rings. The van der Waals surface area contributed by atoms with Crippen LogP contribution in [0.5, 0.6) is 5.75 Å². The van der Waals surface area contributed by atoms with Crippen molar-refractivity contribution in [1.82, 2.24) is 9.80 Å². The van der Waals surface area contributed by atoms with Crippen LogP contribution in [0.4, 0.5) is 8.78 Å². The van der Waals surface area contributed by atoms with E-state index in [0.717, 1.165) is 45.4 Å². The maximum Gasteiger partial charge on any atom is 0.226 e. The number of hydrogen-bond donors (Lipinski definition) is 0. The Bertz CT molecular complexity index is 1100. The van der Waals surface area contributed by atoms with Crippen LogP contribution < -0.4 is 4.74 Å². The average molecular weight is 566 g/mol. The standard InChI is InChI=1S/C30H36Cl2F2N2O2/c31-25-16-21(29-27(33)18-23(19-28(29)34)38-14-13-35-10-5-2-6-11-35)17-26(32)24(25)15-20-9-12-36(30(20)37)22-7-3-1-4-8-22/h16-20,22H,1-15H2. The number of ether oxygens (including phenoxy) is 1. The van der Waals surface area contributed by atoms with Crippen LogP contribution in [-0.2, 0) is 11.2 Å². The zero-order valence-electron chi connectivity index (χ0n) is 21.8. The Kier molecular flexibility index (Phi) is 9.12. The summed E-state index contributed by atoms with van der Waals surface area (Å²) in [5.41, 5.74) is 0.726. The fourth-order valence-electron chi connectivity index (χ4n) is 6.28. The monoisotopic (exact) mass is 564 g/mol. The third kappa shape index (κ3) is 6.29. The first-order valence-corrected chi connectivity index (χ1v) is 14.8. The Morgan fingerprint density at radius 3 is 2.13 bits per heavy atom. The van der Waals surface area contributed by atoms with Gasteiger partial charge in [0.1, 0.15) is 24.0 Å². The van der Waals surface area contributed by atoms with Gasteiger partial charge >= 0.3 is 0 Å². The largest absolute Gasteiger partial charge is 0.492 e. The number of benzene rings is 2. The van der Waals surface area contributed by atoms with E-state index in [4.69, 9.17) is 27.9 Å². The molecule has 3 fully saturated rings. The molecule has 1 amide bonds. The highest BCUT2D eigenvalue weighted by Gasteiger charge is 2.36. The number of rotatable bonds is 8. The smallest absolute Gasteiger partial charge is 0.226 e. The molecule has 1 unspecified atom stereocenters. The fourth-order valence-corrected chi connectivity index (χ4v) is 6.92. The molecule has 0 bridgehead atoms. The molecule has 1 atom stereocenters. The molecular formula is C30H36Cl2F2N2O2. The zero-order chi connectivity index (χ0) is 26.6. The minimum Gasteiger partial charge on any atom is -0.492 e. The van der Waals surface area contributed by atoms with Crippen LogP contribution in [0, 0.1) is 17.6 Å². The van der Waals surface area contributed by atoms with Gasteiger partial charge in [-0.15, -0.1) is 0 Å². The van der Waals surface area contributed by atoms with E-state index < -0.39 is 11.6 Å². The third-order valence-electron chi connectivity index (χ3n) is 8.39. The predicted octanol–water partition coefficient (Wildman–Crippen LogP) is 7.53. The Hall–Kier alpha value is -1.89. The number of carbonyl (C=O) groups excluding carboxylic acids is 1. The second kappa shape index (κ2) is 12.5. The van der Waals surface area contributed by atoms with Gasteiger partial charge in [-0.25, -0.2) is 8.78 Å². The van der Waals surface area contributed by atoms with Crippen LogP contribution in [-0.4, -0.2) is 54.5 Å². The van der Waals surface area contributed by atoms with E-state index in [0.29, 0.717) is 34.7 Å². The van der Waals surface area contributed by atoms with Gasteiger partial charge in [-0.2, -0.15) is 0 Å². The second-order valence-electron chi connectivity index (χ2n) is 10.9. The molecule has 2 aromatic carbocycles. The van der Waals surface area contributed by atoms with Crippen molar-refractivity contribution < 1.29 is 18.3 Å². The second-order valence-corrected chi connectivity index (χ2v) is 11.8. The third-order valence-corrected chi connectivity index (χ3v) is 9.06. The topological polar surface area (TPSA) is 32.8 Å². The van der Waals surface area contributed by atoms with Crippen molar-refractivity contribution in [2.75, 3.05) is 32.8 Å². The minimum atomic E-state index is -0.730. The summed E-state index contributed by atoms with van der Waals surface area (Å²) in [6.45, 7) is 3.96. The van der Waals surface area contributed by atoms with Crippen molar-refractivity contribution in [1.29, 1.82) is 0 Å². The van der Waals surface area contributed by atoms with Crippen LogP contribution >= 0.6 is 23.2 Å². The fraction of sp³-hybridized carbons (Fsp3) is 0.567. The van der Waals surface area contributed by atoms with E-state index in [1.165, 1.54) is 50.7 Å². The van der Waals surface area contributed by atoms with Crippen molar-refractivity contribution >= 4 is 29.1 Å². The summed E-state index contributed by atoms with van der Waals surface area (Å²) in [5, 5.41) is 0.633. The molecule has 5 rings (SSSR count). The molecule has 1 saturated carbocycles. The number of carbonyl (C=O) groups is 1. The van der Waals surface area contributed by atoms with Crippen molar-refractivity contribution in [3.63, 3.8) is 0 Å². The van der Waals surface area contributed by atoms with E-state index in [2.05, 4.69) is 4.90 Å². The molecule has 2 saturated heterocycles. The summed E-state index contributed by atoms with van der Waals surface area (Å²) in [6, 6.07) is 5.85. The molecule has 0 spiro atoms. The maximum absolute atomic E-state index is 15.1. The SMILES string of the molecule is O=C1C(Cc2c(Cl)cc(-c3c(F)cc(OCCN4CCCCC4)cc3F)cc2Cl)CCN1C1CCCCC1. The lowest BCUT2D eigenvalue weighted by atomic mass is 9.93. The van der Waals surface area contributed by atoms with Crippen molar-refractivity contribution in [2.45, 2.75) is 70.3 Å². The van der Waals surface area contributed by atoms with Crippen LogP contribution in [0.25, 0.3) is 11.1 Å². The summed E-state index contributed by atoms with van der Waals surface area (Å²) in [6.07, 6.45) is 10.6. The van der Waals surface area contributed by atoms with Crippen LogP contribution in [0.3, 0.4) is 0 Å². The molecule has 206 valence electrons. The molecule has 4 nitrogen and oxygen atoms in total. The molecule has 2 aliphatic heterocycles. The van der Waals surface area contributed by atoms with Crippen LogP contribution in [0.15, 0.2) is 24.3 Å². The Labute approximate surface area is 234 Å². The van der Waals surface area contributed by atoms with E-state index >= 15 is 8.78 Å². The van der Waals surface area contributed by atoms with Gasteiger partial charge < -0.3 is 9.64 Å². The van der Waals surface area contributed by atoms with Gasteiger partial charge in [-0.1, -0.05) is 48.9 Å². The van der Waals surface area contributed by atoms with Crippen molar-refractivity contribution in [3.8, 4) is 16.9 Å². The highest BCUT2D eigenvalue weighted by atomic mass is 35.5. The van der Waals surface area contributed by atoms with Gasteiger partial charge in [0.25, 0.3) is 0 Å². The number of hydrogen-bond acceptors (Lipinski definition) is 3. The van der Waals surface area contributed by atoms with E-state index in [1.807, 2.05) is 4.90 Å². The van der Waals surface area contributed by atoms with Gasteiger partial charge in [0, 0.05) is 47.2 Å². The van der Waals surface area contributed by atoms with Gasteiger partial charge in [0.15, 0.2) is 0 Å². The summed E-state index contributed by atoms with van der Waals surface area (Å²) in [4.78, 5) is 17.5. The lowest BCUT2D eigenvalue weighted by Crippen LogP contribution is -2.39. The van der Waals surface area contributed by atoms with Gasteiger partial charge in [-0.05, 0) is 74.9 Å². The highest BCUT2D eigenvalue weighted by Crippen LogP contribution is 2.38. The average Bonchev–Trinajstić information content (AvgIpc) is 3.27. The van der Waals surface area contributed by atoms with Crippen LogP contribution in [0.1, 0.15) is 63.4 Å². The summed E-state index contributed by atoms with van der Waals surface area (Å²) in [5.74, 6) is -1.30. The number of halogens is 4. The molecule has 2 heterocycles. The number of piperidine rings is 1. The number of amides is 1. The van der Waals surface area contributed by atoms with E-state index in [1.54, 1.807) is 12.1 Å². The molecule has 0 radical (unpaired) electrons. The first-order chi connectivity index (χ1) is 18.4. The quantitative estimate of drug-likeness (QED) is 0.332. The summed E-state index contributed by atoms with van der Waals surface area (Å²) < 4.78 is 35.8. The number of likely N-dealkylation sites (tertiary alicyclic amines) is 2. The molecule has 0 N–H and O–H groups in total. The first-order valence-electron chi connectivity index (χ1n) is 14.0. The van der Waals surface area contributed by atoms with Crippen molar-refractivity contribution in [2.24, 2.45) is 5.92 Å². The predicted molar refractivity (Wildman–Crippen MR) is 148 cm³/mol. The summed E-state index contributed by atoms with van der Waals surface area (Å²) >= 11 is 13.2. The first kappa shape index (κ1) is 27.7. The molecule has 0 aromatic heterocycles. The van der Waals surface area contributed by atoms with Crippen LogP contribution in [0.2, 0.25) is 10.0 Å². The lowest BCUT2D eigenvalue weighted by molar-refractivity contribution is -0.133. The zero-order valence-corrected chi connectivity index (χ0v) is 23.3. The van der Waals surface area contributed by atoms with E-state index in [-0.39, 0.29) is 28.7 Å². The van der Waals surface area contributed by atoms with Crippen molar-refractivity contribution in [3.05, 3.63) is 51.5 Å². The van der Waals surface area contributed by atoms with Gasteiger partial charge in [0.05, 0.1) is 5.56 Å². The molecule has 1 aliphatic carbocycles. The van der Waals surface area contributed by atoms with Gasteiger partial charge in [0.2, 0.25) is 5.91 Å². The van der Waals surface area contributed by atoms with Gasteiger partial charge in [-0.3, -0.25) is 9.69 Å². The normalized spacial score (nSPS) is 21.3. The lowest BCUT2D eigenvalue weighted by Gasteiger charge is -2.31. The number of nitrogens with zero attached hydrogens (tertiary/aromatic N) is 2. The minimum absolute atomic E-state index is 0.164.